The molecule has 0 saturated heterocycles. The minimum Gasteiger partial charge on any atom is -0.481 e. The molecule has 20 heavy (non-hydrogen) atoms. The van der Waals surface area contributed by atoms with Crippen LogP contribution in [-0.2, 0) is 9.59 Å². The number of carboxylic acid groups (broad SMARTS) is 2. The fraction of sp³-hybridized carbons (Fsp3) is 0.462. The van der Waals surface area contributed by atoms with E-state index < -0.39 is 18.0 Å². The van der Waals surface area contributed by atoms with E-state index >= 15 is 0 Å². The zero-order valence-corrected chi connectivity index (χ0v) is 12.3. The quantitative estimate of drug-likeness (QED) is 0.832. The summed E-state index contributed by atoms with van der Waals surface area (Å²) in [6, 6.07) is 1.19. The number of thiophene rings is 1. The lowest BCUT2D eigenvalue weighted by atomic mass is 10.1. The Kier molecular flexibility index (Phi) is 5.11. The first-order valence-electron chi connectivity index (χ1n) is 6.00. The van der Waals surface area contributed by atoms with Crippen molar-refractivity contribution in [3.05, 3.63) is 16.0 Å². The van der Waals surface area contributed by atoms with Gasteiger partial charge in [-0.25, -0.2) is 4.79 Å². The molecule has 0 spiro atoms. The number of carboxylic acids is 2. The highest BCUT2D eigenvalue weighted by molar-refractivity contribution is 7.16. The van der Waals surface area contributed by atoms with E-state index in [1.807, 2.05) is 6.92 Å². The zero-order valence-electron chi connectivity index (χ0n) is 11.5. The normalized spacial score (nSPS) is 11.7. The third kappa shape index (κ3) is 3.27. The number of hydrogen-bond acceptors (Lipinski definition) is 5. The summed E-state index contributed by atoms with van der Waals surface area (Å²) in [6.45, 7) is 5.19. The van der Waals surface area contributed by atoms with E-state index in [0.29, 0.717) is 10.6 Å². The van der Waals surface area contributed by atoms with E-state index in [4.69, 9.17) is 10.2 Å². The molecule has 1 aromatic heterocycles. The monoisotopic (exact) mass is 296 g/mol. The second-order valence-electron chi connectivity index (χ2n) is 4.43. The summed E-state index contributed by atoms with van der Waals surface area (Å²) in [5, 5.41) is 27.7. The molecule has 7 heteroatoms. The van der Waals surface area contributed by atoms with Gasteiger partial charge in [-0.15, -0.1) is 11.3 Å². The van der Waals surface area contributed by atoms with Crippen LogP contribution >= 0.6 is 11.3 Å². The van der Waals surface area contributed by atoms with E-state index in [2.05, 4.69) is 6.07 Å². The van der Waals surface area contributed by atoms with Crippen LogP contribution in [0.3, 0.4) is 0 Å². The first-order chi connectivity index (χ1) is 9.29. The van der Waals surface area contributed by atoms with E-state index in [1.54, 1.807) is 6.92 Å². The second-order valence-corrected chi connectivity index (χ2v) is 5.63. The summed E-state index contributed by atoms with van der Waals surface area (Å²) in [7, 11) is 0. The molecule has 1 heterocycles. The number of anilines is 1. The van der Waals surface area contributed by atoms with Gasteiger partial charge in [-0.2, -0.15) is 5.26 Å². The van der Waals surface area contributed by atoms with Gasteiger partial charge >= 0.3 is 11.9 Å². The molecule has 0 aromatic carbocycles. The lowest BCUT2D eigenvalue weighted by Gasteiger charge is -2.27. The third-order valence-corrected chi connectivity index (χ3v) is 4.38. The smallest absolute Gasteiger partial charge is 0.326 e. The van der Waals surface area contributed by atoms with Crippen LogP contribution in [0.2, 0.25) is 0 Å². The van der Waals surface area contributed by atoms with Crippen LogP contribution in [-0.4, -0.2) is 34.7 Å². The average Bonchev–Trinajstić information content (AvgIpc) is 2.64. The van der Waals surface area contributed by atoms with Gasteiger partial charge in [0.2, 0.25) is 0 Å². The van der Waals surface area contributed by atoms with Gasteiger partial charge in [-0.05, 0) is 26.3 Å². The summed E-state index contributed by atoms with van der Waals surface area (Å²) in [5.41, 5.74) is 1.23. The maximum absolute atomic E-state index is 11.2. The summed E-state index contributed by atoms with van der Waals surface area (Å²) >= 11 is 1.32. The number of hydrogen-bond donors (Lipinski definition) is 2. The van der Waals surface area contributed by atoms with Gasteiger partial charge in [0.25, 0.3) is 0 Å². The molecule has 1 aromatic rings. The van der Waals surface area contributed by atoms with E-state index in [0.717, 1.165) is 10.4 Å². The average molecular weight is 296 g/mol. The van der Waals surface area contributed by atoms with E-state index in [-0.39, 0.29) is 13.0 Å². The molecule has 108 valence electrons. The van der Waals surface area contributed by atoms with Crippen LogP contribution in [0.5, 0.6) is 0 Å². The Morgan fingerprint density at radius 1 is 1.40 bits per heavy atom. The van der Waals surface area contributed by atoms with Crippen molar-refractivity contribution < 1.29 is 19.8 Å². The summed E-state index contributed by atoms with van der Waals surface area (Å²) in [6.07, 6.45) is -0.182. The zero-order chi connectivity index (χ0) is 15.4. The van der Waals surface area contributed by atoms with Crippen molar-refractivity contribution in [2.75, 3.05) is 11.4 Å². The van der Waals surface area contributed by atoms with E-state index in [1.165, 1.54) is 23.2 Å². The van der Waals surface area contributed by atoms with Crippen molar-refractivity contribution >= 4 is 28.3 Å². The van der Waals surface area contributed by atoms with Crippen LogP contribution in [0, 0.1) is 25.2 Å². The Bertz CT molecular complexity index is 574. The van der Waals surface area contributed by atoms with Gasteiger partial charge < -0.3 is 15.1 Å². The van der Waals surface area contributed by atoms with Crippen molar-refractivity contribution in [2.24, 2.45) is 0 Å². The minimum atomic E-state index is -1.05. The largest absolute Gasteiger partial charge is 0.481 e. The SMILES string of the molecule is Cc1sc(N(CCC(=O)O)C(C)C(=O)O)c(C#N)c1C. The molecule has 0 aliphatic rings. The maximum atomic E-state index is 11.2. The highest BCUT2D eigenvalue weighted by Crippen LogP contribution is 2.36. The Balaban J connectivity index is 3.23. The molecule has 0 bridgehead atoms. The van der Waals surface area contributed by atoms with Crippen molar-refractivity contribution in [1.29, 1.82) is 5.26 Å². The molecule has 1 atom stereocenters. The Hall–Kier alpha value is -2.07. The lowest BCUT2D eigenvalue weighted by Crippen LogP contribution is -2.40. The maximum Gasteiger partial charge on any atom is 0.326 e. The first kappa shape index (κ1) is 16.0. The topological polar surface area (TPSA) is 102 Å². The summed E-state index contributed by atoms with van der Waals surface area (Å²) in [5.74, 6) is -2.06. The lowest BCUT2D eigenvalue weighted by molar-refractivity contribution is -0.139. The van der Waals surface area contributed by atoms with Gasteiger partial charge in [0.1, 0.15) is 17.1 Å². The van der Waals surface area contributed by atoms with Gasteiger partial charge in [-0.3, -0.25) is 4.79 Å². The standard InChI is InChI=1S/C13H16N2O4S/c1-7-9(3)20-12(10(7)6-14)15(5-4-11(16)17)8(2)13(18)19/h8H,4-5H2,1-3H3,(H,16,17)(H,18,19). The number of carbonyl (C=O) groups is 2. The Morgan fingerprint density at radius 2 is 2.00 bits per heavy atom. The summed E-state index contributed by atoms with van der Waals surface area (Å²) < 4.78 is 0. The molecule has 1 rings (SSSR count). The molecular formula is C13H16N2O4S. The predicted molar refractivity (Wildman–Crippen MR) is 75.2 cm³/mol. The number of aryl methyl sites for hydroxylation is 1. The van der Waals surface area contributed by atoms with Crippen LogP contribution in [0.4, 0.5) is 5.00 Å². The fourth-order valence-corrected chi connectivity index (χ4v) is 2.98. The van der Waals surface area contributed by atoms with Gasteiger partial charge in [-0.1, -0.05) is 0 Å². The highest BCUT2D eigenvalue weighted by Gasteiger charge is 2.26. The number of nitrogens with zero attached hydrogens (tertiary/aromatic N) is 2. The molecule has 2 N–H and O–H groups in total. The molecule has 0 aliphatic carbocycles. The van der Waals surface area contributed by atoms with Crippen LogP contribution < -0.4 is 4.90 Å². The van der Waals surface area contributed by atoms with Gasteiger partial charge in [0.15, 0.2) is 0 Å². The molecule has 0 fully saturated rings. The molecule has 0 radical (unpaired) electrons. The van der Waals surface area contributed by atoms with Crippen LogP contribution in [0.15, 0.2) is 0 Å². The molecule has 6 nitrogen and oxygen atoms in total. The van der Waals surface area contributed by atoms with Crippen LogP contribution in [0.1, 0.15) is 29.3 Å². The summed E-state index contributed by atoms with van der Waals surface area (Å²) in [4.78, 5) is 24.3. The molecule has 0 amide bonds. The van der Waals surface area contributed by atoms with Crippen molar-refractivity contribution in [1.82, 2.24) is 0 Å². The second kappa shape index (κ2) is 6.39. The highest BCUT2D eigenvalue weighted by atomic mass is 32.1. The van der Waals surface area contributed by atoms with Gasteiger partial charge in [0.05, 0.1) is 12.0 Å². The fourth-order valence-electron chi connectivity index (χ4n) is 1.76. The number of rotatable bonds is 6. The Morgan fingerprint density at radius 3 is 2.45 bits per heavy atom. The van der Waals surface area contributed by atoms with E-state index in [9.17, 15) is 14.9 Å². The van der Waals surface area contributed by atoms with Crippen molar-refractivity contribution in [2.45, 2.75) is 33.2 Å². The number of aliphatic carboxylic acids is 2. The minimum absolute atomic E-state index is 0.0525. The predicted octanol–water partition coefficient (Wildman–Crippen LogP) is 1.99. The molecule has 1 unspecified atom stereocenters. The molecule has 0 saturated carbocycles. The van der Waals surface area contributed by atoms with Crippen molar-refractivity contribution in [3.63, 3.8) is 0 Å². The van der Waals surface area contributed by atoms with Gasteiger partial charge in [0, 0.05) is 11.4 Å². The third-order valence-electron chi connectivity index (χ3n) is 3.13. The Labute approximate surface area is 120 Å². The van der Waals surface area contributed by atoms with Crippen molar-refractivity contribution in [3.8, 4) is 6.07 Å². The number of nitriles is 1. The first-order valence-corrected chi connectivity index (χ1v) is 6.82. The van der Waals surface area contributed by atoms with Crippen LogP contribution in [0.25, 0.3) is 0 Å². The molecule has 0 aliphatic heterocycles. The molecular weight excluding hydrogens is 280 g/mol.